The third-order valence-electron chi connectivity index (χ3n) is 3.94. The molecule has 0 unspecified atom stereocenters. The predicted molar refractivity (Wildman–Crippen MR) is 110 cm³/mol. The van der Waals surface area contributed by atoms with Crippen LogP contribution in [0.15, 0.2) is 48.5 Å². The van der Waals surface area contributed by atoms with E-state index in [1.165, 1.54) is 18.7 Å². The van der Waals surface area contributed by atoms with Gasteiger partial charge in [-0.3, -0.25) is 14.4 Å². The second-order valence-electron chi connectivity index (χ2n) is 6.27. The maximum absolute atomic E-state index is 12.3. The quantitative estimate of drug-likeness (QED) is 0.675. The minimum Gasteiger partial charge on any atom is -0.497 e. The van der Waals surface area contributed by atoms with E-state index in [1.54, 1.807) is 55.6 Å². The van der Waals surface area contributed by atoms with Gasteiger partial charge in [0.25, 0.3) is 0 Å². The van der Waals surface area contributed by atoms with E-state index < -0.39 is 0 Å². The van der Waals surface area contributed by atoms with E-state index in [9.17, 15) is 14.4 Å². The van der Waals surface area contributed by atoms with Crippen molar-refractivity contribution in [1.29, 1.82) is 0 Å². The lowest BCUT2D eigenvalue weighted by molar-refractivity contribution is -0.133. The topological polar surface area (TPSA) is 97.0 Å². The number of ether oxygens (including phenoxy) is 2. The molecule has 0 aliphatic heterocycles. The molecule has 2 aromatic rings. The largest absolute Gasteiger partial charge is 0.497 e. The van der Waals surface area contributed by atoms with Gasteiger partial charge in [-0.25, -0.2) is 0 Å². The molecule has 0 aliphatic carbocycles. The minimum absolute atomic E-state index is 0.105. The van der Waals surface area contributed by atoms with E-state index in [-0.39, 0.29) is 37.4 Å². The lowest BCUT2D eigenvalue weighted by Gasteiger charge is -2.21. The van der Waals surface area contributed by atoms with Crippen LogP contribution in [-0.2, 0) is 14.4 Å². The van der Waals surface area contributed by atoms with Gasteiger partial charge in [0.15, 0.2) is 0 Å². The minimum atomic E-state index is -0.343. The van der Waals surface area contributed by atoms with Crippen molar-refractivity contribution in [1.82, 2.24) is 4.90 Å². The highest BCUT2D eigenvalue weighted by molar-refractivity contribution is 5.95. The molecule has 2 aromatic carbocycles. The summed E-state index contributed by atoms with van der Waals surface area (Å²) in [6.07, 6.45) is 0. The maximum Gasteiger partial charge on any atom is 0.243 e. The molecular weight excluding hydrogens is 374 g/mol. The van der Waals surface area contributed by atoms with Crippen molar-refractivity contribution in [2.45, 2.75) is 13.8 Å². The van der Waals surface area contributed by atoms with Crippen molar-refractivity contribution in [3.63, 3.8) is 0 Å². The van der Waals surface area contributed by atoms with Crippen LogP contribution in [0.1, 0.15) is 13.8 Å². The predicted octanol–water partition coefficient (Wildman–Crippen LogP) is 2.52. The first kappa shape index (κ1) is 21.7. The molecule has 3 amide bonds. The second kappa shape index (κ2) is 10.7. The fourth-order valence-electron chi connectivity index (χ4n) is 2.55. The van der Waals surface area contributed by atoms with Gasteiger partial charge in [0.1, 0.15) is 18.1 Å². The molecule has 0 aromatic heterocycles. The zero-order valence-electron chi connectivity index (χ0n) is 16.7. The molecule has 0 bridgehead atoms. The van der Waals surface area contributed by atoms with E-state index in [0.717, 1.165) is 5.75 Å². The Labute approximate surface area is 169 Å². The van der Waals surface area contributed by atoms with Crippen LogP contribution in [0.5, 0.6) is 11.5 Å². The van der Waals surface area contributed by atoms with Crippen LogP contribution >= 0.6 is 0 Å². The number of benzene rings is 2. The average molecular weight is 399 g/mol. The molecule has 0 radical (unpaired) electrons. The number of rotatable bonds is 9. The number of nitrogens with zero attached hydrogens (tertiary/aromatic N) is 1. The van der Waals surface area contributed by atoms with Gasteiger partial charge in [0.05, 0.1) is 20.2 Å². The number of carbonyl (C=O) groups excluding carboxylic acids is 3. The van der Waals surface area contributed by atoms with Gasteiger partial charge in [0, 0.05) is 25.2 Å². The molecule has 0 saturated heterocycles. The van der Waals surface area contributed by atoms with Gasteiger partial charge in [-0.05, 0) is 42.5 Å². The number of carbonyl (C=O) groups is 3. The number of nitrogens with one attached hydrogen (secondary N) is 2. The third-order valence-corrected chi connectivity index (χ3v) is 3.94. The zero-order chi connectivity index (χ0) is 21.2. The van der Waals surface area contributed by atoms with Crippen LogP contribution in [0.4, 0.5) is 11.4 Å². The molecule has 0 atom stereocenters. The second-order valence-corrected chi connectivity index (χ2v) is 6.27. The summed E-state index contributed by atoms with van der Waals surface area (Å²) in [6, 6.07) is 13.9. The first-order valence-corrected chi connectivity index (χ1v) is 9.07. The van der Waals surface area contributed by atoms with Crippen LogP contribution in [0.2, 0.25) is 0 Å². The fourth-order valence-corrected chi connectivity index (χ4v) is 2.55. The van der Waals surface area contributed by atoms with E-state index in [2.05, 4.69) is 10.6 Å². The summed E-state index contributed by atoms with van der Waals surface area (Å²) in [4.78, 5) is 36.7. The summed E-state index contributed by atoms with van der Waals surface area (Å²) >= 11 is 0. The Morgan fingerprint density at radius 3 is 2.14 bits per heavy atom. The number of anilines is 2. The molecule has 8 nitrogen and oxygen atoms in total. The Hall–Kier alpha value is -3.55. The maximum atomic E-state index is 12.3. The molecule has 0 fully saturated rings. The molecule has 154 valence electrons. The lowest BCUT2D eigenvalue weighted by atomic mass is 10.2. The van der Waals surface area contributed by atoms with Gasteiger partial charge in [-0.15, -0.1) is 0 Å². The van der Waals surface area contributed by atoms with Crippen LogP contribution in [-0.4, -0.2) is 49.4 Å². The SMILES string of the molecule is COc1ccc(OCCN(CC(=O)Nc2cccc(NC(C)=O)c2)C(C)=O)cc1. The molecule has 2 rings (SSSR count). The Kier molecular flexibility index (Phi) is 8.02. The molecule has 0 saturated carbocycles. The molecule has 29 heavy (non-hydrogen) atoms. The Bertz CT molecular complexity index is 852. The van der Waals surface area contributed by atoms with Gasteiger partial charge in [-0.1, -0.05) is 6.07 Å². The molecule has 0 heterocycles. The van der Waals surface area contributed by atoms with Gasteiger partial charge >= 0.3 is 0 Å². The number of amides is 3. The zero-order valence-corrected chi connectivity index (χ0v) is 16.7. The van der Waals surface area contributed by atoms with E-state index in [4.69, 9.17) is 9.47 Å². The molecule has 2 N–H and O–H groups in total. The number of methoxy groups -OCH3 is 1. The summed E-state index contributed by atoms with van der Waals surface area (Å²) in [5.74, 6) is 0.596. The van der Waals surface area contributed by atoms with E-state index in [1.807, 2.05) is 0 Å². The van der Waals surface area contributed by atoms with Gasteiger partial charge in [0.2, 0.25) is 17.7 Å². The van der Waals surface area contributed by atoms with Crippen molar-refractivity contribution in [2.24, 2.45) is 0 Å². The lowest BCUT2D eigenvalue weighted by Crippen LogP contribution is -2.39. The summed E-state index contributed by atoms with van der Waals surface area (Å²) in [6.45, 7) is 3.21. The van der Waals surface area contributed by atoms with Crippen LogP contribution in [0.3, 0.4) is 0 Å². The first-order chi connectivity index (χ1) is 13.9. The number of hydrogen-bond donors (Lipinski definition) is 2. The molecular formula is C21H25N3O5. The Morgan fingerprint density at radius 2 is 1.55 bits per heavy atom. The summed E-state index contributed by atoms with van der Waals surface area (Å²) in [5, 5.41) is 5.37. The molecule has 0 spiro atoms. The monoisotopic (exact) mass is 399 g/mol. The van der Waals surface area contributed by atoms with Crippen molar-refractivity contribution in [2.75, 3.05) is 37.4 Å². The number of hydrogen-bond acceptors (Lipinski definition) is 5. The highest BCUT2D eigenvalue weighted by atomic mass is 16.5. The van der Waals surface area contributed by atoms with Crippen molar-refractivity contribution in [3.05, 3.63) is 48.5 Å². The van der Waals surface area contributed by atoms with Crippen molar-refractivity contribution in [3.8, 4) is 11.5 Å². The van der Waals surface area contributed by atoms with E-state index >= 15 is 0 Å². The standard InChI is InChI=1S/C21H25N3O5/c1-15(25)22-17-5-4-6-18(13-17)23-21(27)14-24(16(2)26)11-12-29-20-9-7-19(28-3)8-10-20/h4-10,13H,11-12,14H2,1-3H3,(H,22,25)(H,23,27). The Morgan fingerprint density at radius 1 is 0.931 bits per heavy atom. The van der Waals surface area contributed by atoms with Crippen molar-refractivity contribution < 1.29 is 23.9 Å². The van der Waals surface area contributed by atoms with E-state index in [0.29, 0.717) is 17.1 Å². The first-order valence-electron chi connectivity index (χ1n) is 9.07. The average Bonchev–Trinajstić information content (AvgIpc) is 2.67. The summed E-state index contributed by atoms with van der Waals surface area (Å²) < 4.78 is 10.7. The highest BCUT2D eigenvalue weighted by Crippen LogP contribution is 2.17. The van der Waals surface area contributed by atoms with Crippen LogP contribution < -0.4 is 20.1 Å². The molecule has 8 heteroatoms. The highest BCUT2D eigenvalue weighted by Gasteiger charge is 2.14. The smallest absolute Gasteiger partial charge is 0.243 e. The van der Waals surface area contributed by atoms with Gasteiger partial charge in [-0.2, -0.15) is 0 Å². The summed E-state index contributed by atoms with van der Waals surface area (Å²) in [5.41, 5.74) is 1.10. The summed E-state index contributed by atoms with van der Waals surface area (Å²) in [7, 11) is 1.59. The van der Waals surface area contributed by atoms with Crippen molar-refractivity contribution >= 4 is 29.1 Å². The van der Waals surface area contributed by atoms with Gasteiger partial charge < -0.3 is 25.0 Å². The third kappa shape index (κ3) is 7.53. The fraction of sp³-hybridized carbons (Fsp3) is 0.286. The normalized spacial score (nSPS) is 10.0. The van der Waals surface area contributed by atoms with Crippen LogP contribution in [0.25, 0.3) is 0 Å². The van der Waals surface area contributed by atoms with Crippen LogP contribution in [0, 0.1) is 0 Å². The molecule has 0 aliphatic rings. The Balaban J connectivity index is 1.86.